The Morgan fingerprint density at radius 3 is 2.40 bits per heavy atom. The van der Waals surface area contributed by atoms with Crippen molar-refractivity contribution in [1.82, 2.24) is 10.6 Å². The van der Waals surface area contributed by atoms with Crippen LogP contribution in [0.4, 0.5) is 5.69 Å². The number of nitrogens with one attached hydrogen (secondary N) is 2. The quantitative estimate of drug-likeness (QED) is 0.421. The summed E-state index contributed by atoms with van der Waals surface area (Å²) < 4.78 is 0. The molecule has 0 spiro atoms. The number of carbonyl (C=O) groups is 3. The van der Waals surface area contributed by atoms with E-state index in [1.54, 1.807) is 11.0 Å². The predicted molar refractivity (Wildman–Crippen MR) is 96.8 cm³/mol. The summed E-state index contributed by atoms with van der Waals surface area (Å²) in [7, 11) is 0. The number of hydrogen-bond acceptors (Lipinski definition) is 4. The summed E-state index contributed by atoms with van der Waals surface area (Å²) in [6.45, 7) is 6.14. The fourth-order valence-corrected chi connectivity index (χ4v) is 4.39. The van der Waals surface area contributed by atoms with Crippen molar-refractivity contribution >= 4 is 46.3 Å². The molecular formula is C18H17N3O3S. The van der Waals surface area contributed by atoms with Crippen LogP contribution in [0, 0.1) is 0 Å². The minimum Gasteiger partial charge on any atom is -0.302 e. The fourth-order valence-electron chi connectivity index (χ4n) is 4.20. The largest absolute Gasteiger partial charge is 0.302 e. The monoisotopic (exact) mass is 355 g/mol. The Hall–Kier alpha value is -2.54. The van der Waals surface area contributed by atoms with Crippen LogP contribution in [0.2, 0.25) is 0 Å². The molecule has 2 N–H and O–H groups in total. The Labute approximate surface area is 150 Å². The summed E-state index contributed by atoms with van der Waals surface area (Å²) in [6, 6.07) is 5.66. The topological polar surface area (TPSA) is 78.5 Å². The fraction of sp³-hybridized carbons (Fsp3) is 0.333. The average molecular weight is 355 g/mol. The van der Waals surface area contributed by atoms with Gasteiger partial charge in [-0.1, -0.05) is 25.1 Å². The van der Waals surface area contributed by atoms with Crippen molar-refractivity contribution in [2.75, 3.05) is 4.90 Å². The first-order valence-corrected chi connectivity index (χ1v) is 8.52. The zero-order valence-electron chi connectivity index (χ0n) is 14.1. The van der Waals surface area contributed by atoms with E-state index < -0.39 is 17.4 Å². The van der Waals surface area contributed by atoms with Crippen LogP contribution >= 0.6 is 12.2 Å². The molecule has 4 rings (SSSR count). The van der Waals surface area contributed by atoms with Crippen molar-refractivity contribution in [2.24, 2.45) is 0 Å². The van der Waals surface area contributed by atoms with Gasteiger partial charge in [0.1, 0.15) is 5.57 Å². The molecule has 128 valence electrons. The van der Waals surface area contributed by atoms with E-state index >= 15 is 0 Å². The zero-order valence-corrected chi connectivity index (χ0v) is 14.9. The number of carbonyl (C=O) groups excluding carboxylic acids is 3. The van der Waals surface area contributed by atoms with Gasteiger partial charge >= 0.3 is 0 Å². The minimum atomic E-state index is -0.639. The van der Waals surface area contributed by atoms with Gasteiger partial charge in [-0.3, -0.25) is 25.0 Å². The Morgan fingerprint density at radius 1 is 1.12 bits per heavy atom. The van der Waals surface area contributed by atoms with Gasteiger partial charge in [-0.05, 0) is 44.0 Å². The highest BCUT2D eigenvalue weighted by Crippen LogP contribution is 2.52. The van der Waals surface area contributed by atoms with Crippen molar-refractivity contribution in [3.8, 4) is 0 Å². The van der Waals surface area contributed by atoms with E-state index in [9.17, 15) is 14.4 Å². The van der Waals surface area contributed by atoms with Crippen molar-refractivity contribution in [1.29, 1.82) is 0 Å². The van der Waals surface area contributed by atoms with Crippen LogP contribution in [-0.2, 0) is 14.4 Å². The van der Waals surface area contributed by atoms with Gasteiger partial charge in [0.25, 0.3) is 17.7 Å². The van der Waals surface area contributed by atoms with Gasteiger partial charge in [-0.25, -0.2) is 0 Å². The maximum atomic E-state index is 13.2. The zero-order chi connectivity index (χ0) is 18.1. The van der Waals surface area contributed by atoms with Crippen LogP contribution < -0.4 is 15.5 Å². The Balaban J connectivity index is 2.02. The van der Waals surface area contributed by atoms with E-state index in [4.69, 9.17) is 12.2 Å². The van der Waals surface area contributed by atoms with Gasteiger partial charge in [-0.2, -0.15) is 0 Å². The summed E-state index contributed by atoms with van der Waals surface area (Å²) in [6.07, 6.45) is 0.806. The SMILES string of the molecule is CC1CC(C)(C)N2C(=O)C(=C3C(=O)NC(=S)NC3=O)c3cccc1c32. The standard InChI is InChI=1S/C18H17N3O3S/c1-8-7-18(2,3)21-13-9(8)5-4-6-10(13)11(16(21)24)12-14(22)19-17(25)20-15(12)23/h4-6,8H,7H2,1-3H3,(H2,19,20,22,23,25). The van der Waals surface area contributed by atoms with E-state index in [-0.39, 0.29) is 28.1 Å². The number of anilines is 1. The molecule has 7 heteroatoms. The second kappa shape index (κ2) is 4.98. The van der Waals surface area contributed by atoms with E-state index in [0.29, 0.717) is 5.56 Å². The second-order valence-electron chi connectivity index (χ2n) is 7.29. The number of nitrogens with zero attached hydrogens (tertiary/aromatic N) is 1. The summed E-state index contributed by atoms with van der Waals surface area (Å²) in [5, 5.41) is 4.78. The number of thiocarbonyl (C=S) groups is 1. The lowest BCUT2D eigenvalue weighted by Crippen LogP contribution is -2.53. The molecule has 25 heavy (non-hydrogen) atoms. The molecule has 1 unspecified atom stereocenters. The molecule has 1 atom stereocenters. The van der Waals surface area contributed by atoms with E-state index in [2.05, 4.69) is 17.6 Å². The van der Waals surface area contributed by atoms with Gasteiger partial charge in [0.05, 0.1) is 11.3 Å². The van der Waals surface area contributed by atoms with E-state index in [0.717, 1.165) is 17.7 Å². The first-order valence-electron chi connectivity index (χ1n) is 8.11. The van der Waals surface area contributed by atoms with Crippen LogP contribution in [0.5, 0.6) is 0 Å². The van der Waals surface area contributed by atoms with Gasteiger partial charge in [0, 0.05) is 11.1 Å². The lowest BCUT2D eigenvalue weighted by atomic mass is 9.80. The first-order chi connectivity index (χ1) is 11.7. The van der Waals surface area contributed by atoms with Crippen molar-refractivity contribution < 1.29 is 14.4 Å². The predicted octanol–water partition coefficient (Wildman–Crippen LogP) is 1.60. The molecule has 1 aromatic rings. The highest BCUT2D eigenvalue weighted by Gasteiger charge is 2.49. The van der Waals surface area contributed by atoms with Crippen molar-refractivity contribution in [2.45, 2.75) is 38.6 Å². The van der Waals surface area contributed by atoms with Gasteiger partial charge < -0.3 is 4.90 Å². The van der Waals surface area contributed by atoms with Crippen molar-refractivity contribution in [3.63, 3.8) is 0 Å². The molecule has 3 heterocycles. The molecule has 6 nitrogen and oxygen atoms in total. The molecule has 1 fully saturated rings. The molecular weight excluding hydrogens is 338 g/mol. The highest BCUT2D eigenvalue weighted by atomic mass is 32.1. The maximum Gasteiger partial charge on any atom is 0.263 e. The van der Waals surface area contributed by atoms with Crippen molar-refractivity contribution in [3.05, 3.63) is 34.9 Å². The molecule has 3 aliphatic rings. The number of hydrogen-bond donors (Lipinski definition) is 2. The Morgan fingerprint density at radius 2 is 1.76 bits per heavy atom. The second-order valence-corrected chi connectivity index (χ2v) is 7.70. The van der Waals surface area contributed by atoms with E-state index in [1.807, 2.05) is 26.0 Å². The normalized spacial score (nSPS) is 24.3. The van der Waals surface area contributed by atoms with Gasteiger partial charge in [-0.15, -0.1) is 0 Å². The summed E-state index contributed by atoms with van der Waals surface area (Å²) in [5.41, 5.74) is 2.08. The maximum absolute atomic E-state index is 13.2. The van der Waals surface area contributed by atoms with E-state index in [1.165, 1.54) is 0 Å². The van der Waals surface area contributed by atoms with Crippen LogP contribution in [0.3, 0.4) is 0 Å². The molecule has 0 saturated carbocycles. The lowest BCUT2D eigenvalue weighted by molar-refractivity contribution is -0.124. The third-order valence-corrected chi connectivity index (χ3v) is 5.28. The van der Waals surface area contributed by atoms with Crippen LogP contribution in [-0.4, -0.2) is 28.4 Å². The van der Waals surface area contributed by atoms with Gasteiger partial charge in [0.15, 0.2) is 5.11 Å². The number of para-hydroxylation sites is 1. The minimum absolute atomic E-state index is 0.0473. The molecule has 0 bridgehead atoms. The molecule has 0 radical (unpaired) electrons. The number of rotatable bonds is 0. The first kappa shape index (κ1) is 16.0. The third kappa shape index (κ3) is 2.08. The van der Waals surface area contributed by atoms with Crippen LogP contribution in [0.1, 0.15) is 44.2 Å². The average Bonchev–Trinajstić information content (AvgIpc) is 2.78. The third-order valence-electron chi connectivity index (χ3n) is 5.08. The summed E-state index contributed by atoms with van der Waals surface area (Å²) >= 11 is 4.84. The Bertz CT molecular complexity index is 894. The molecule has 1 aromatic carbocycles. The molecule has 3 amide bonds. The number of amides is 3. The summed E-state index contributed by atoms with van der Waals surface area (Å²) in [5.74, 6) is -1.31. The number of benzene rings is 1. The summed E-state index contributed by atoms with van der Waals surface area (Å²) in [4.78, 5) is 39.8. The van der Waals surface area contributed by atoms with Gasteiger partial charge in [0.2, 0.25) is 0 Å². The lowest BCUT2D eigenvalue weighted by Gasteiger charge is -2.43. The smallest absolute Gasteiger partial charge is 0.263 e. The molecule has 3 aliphatic heterocycles. The molecule has 0 aromatic heterocycles. The molecule has 1 saturated heterocycles. The highest BCUT2D eigenvalue weighted by molar-refractivity contribution is 7.80. The van der Waals surface area contributed by atoms with Crippen LogP contribution in [0.15, 0.2) is 23.8 Å². The Kier molecular flexibility index (Phi) is 3.18. The molecule has 0 aliphatic carbocycles. The van der Waals surface area contributed by atoms with Crippen LogP contribution in [0.25, 0.3) is 5.57 Å².